The molecule has 0 saturated carbocycles. The van der Waals surface area contributed by atoms with E-state index < -0.39 is 0 Å². The monoisotopic (exact) mass is 291 g/mol. The van der Waals surface area contributed by atoms with Crippen LogP contribution in [-0.2, 0) is 0 Å². The molecular weight excluding hydrogens is 282 g/mol. The molecule has 7 heteroatoms. The molecule has 3 rings (SSSR count). The Balaban J connectivity index is 2.09. The normalized spacial score (nSPS) is 10.6. The lowest BCUT2D eigenvalue weighted by Gasteiger charge is -2.09. The van der Waals surface area contributed by atoms with Crippen LogP contribution in [0.15, 0.2) is 35.7 Å². The summed E-state index contributed by atoms with van der Waals surface area (Å²) in [5, 5.41) is 6.73. The minimum atomic E-state index is 0.365. The minimum absolute atomic E-state index is 0.365. The summed E-state index contributed by atoms with van der Waals surface area (Å²) in [6.45, 7) is 0. The largest absolute Gasteiger partial charge is 0.338 e. The highest BCUT2D eigenvalue weighted by molar-refractivity contribution is 7.16. The molecule has 0 fully saturated rings. The van der Waals surface area contributed by atoms with Gasteiger partial charge < -0.3 is 5.32 Å². The van der Waals surface area contributed by atoms with Crippen LogP contribution in [0.3, 0.4) is 0 Å². The van der Waals surface area contributed by atoms with Gasteiger partial charge in [0.2, 0.25) is 5.95 Å². The van der Waals surface area contributed by atoms with E-state index >= 15 is 0 Å². The Labute approximate surface area is 118 Å². The number of nitrogens with zero attached hydrogens (tertiary/aromatic N) is 2. The molecule has 19 heavy (non-hydrogen) atoms. The molecule has 0 amide bonds. The highest BCUT2D eigenvalue weighted by Gasteiger charge is 2.09. The van der Waals surface area contributed by atoms with Gasteiger partial charge in [-0.1, -0.05) is 23.7 Å². The zero-order valence-corrected chi connectivity index (χ0v) is 11.3. The quantitative estimate of drug-likeness (QED) is 0.509. The van der Waals surface area contributed by atoms with Gasteiger partial charge in [-0.2, -0.15) is 4.98 Å². The average Bonchev–Trinajstić information content (AvgIpc) is 2.89. The van der Waals surface area contributed by atoms with Crippen LogP contribution in [0.1, 0.15) is 0 Å². The standard InChI is InChI=1S/C12H10ClN5S/c13-8-3-1-2-4-9(8)15-10-7-5-6-19-11(7)17-12(16-10)18-14/h1-6H,14H2,(H2,15,16,17,18). The molecule has 0 aliphatic rings. The number of nitrogens with one attached hydrogen (secondary N) is 2. The van der Waals surface area contributed by atoms with Crippen LogP contribution in [0.2, 0.25) is 5.02 Å². The van der Waals surface area contributed by atoms with Crippen molar-refractivity contribution >= 4 is 50.6 Å². The molecule has 3 aromatic rings. The number of hydrazine groups is 1. The number of hydrogen-bond donors (Lipinski definition) is 3. The number of fused-ring (bicyclic) bond motifs is 1. The van der Waals surface area contributed by atoms with Crippen LogP contribution in [0, 0.1) is 0 Å². The third kappa shape index (κ3) is 2.33. The van der Waals surface area contributed by atoms with Crippen molar-refractivity contribution in [3.63, 3.8) is 0 Å². The summed E-state index contributed by atoms with van der Waals surface area (Å²) in [6.07, 6.45) is 0. The average molecular weight is 292 g/mol. The molecule has 0 aliphatic heterocycles. The molecule has 2 heterocycles. The van der Waals surface area contributed by atoms with Crippen LogP contribution >= 0.6 is 22.9 Å². The molecule has 0 saturated heterocycles. The number of rotatable bonds is 3. The van der Waals surface area contributed by atoms with E-state index in [4.69, 9.17) is 17.4 Å². The maximum absolute atomic E-state index is 6.13. The van der Waals surface area contributed by atoms with Crippen LogP contribution < -0.4 is 16.6 Å². The molecule has 0 bridgehead atoms. The zero-order valence-electron chi connectivity index (χ0n) is 9.72. The van der Waals surface area contributed by atoms with Crippen molar-refractivity contribution in [1.82, 2.24) is 9.97 Å². The Morgan fingerprint density at radius 1 is 1.16 bits per heavy atom. The molecule has 0 aliphatic carbocycles. The van der Waals surface area contributed by atoms with E-state index in [1.54, 1.807) is 0 Å². The number of thiophene rings is 1. The summed E-state index contributed by atoms with van der Waals surface area (Å²) < 4.78 is 0. The minimum Gasteiger partial charge on any atom is -0.338 e. The lowest BCUT2D eigenvalue weighted by molar-refractivity contribution is 1.16. The molecule has 0 spiro atoms. The van der Waals surface area contributed by atoms with Crippen molar-refractivity contribution in [2.75, 3.05) is 10.7 Å². The number of nitrogen functional groups attached to an aromatic ring is 1. The number of anilines is 3. The van der Waals surface area contributed by atoms with Gasteiger partial charge in [0.1, 0.15) is 10.6 Å². The van der Waals surface area contributed by atoms with E-state index in [0.717, 1.165) is 15.9 Å². The third-order valence-electron chi connectivity index (χ3n) is 2.58. The first-order chi connectivity index (χ1) is 9.28. The molecule has 0 radical (unpaired) electrons. The van der Waals surface area contributed by atoms with Crippen molar-refractivity contribution in [2.45, 2.75) is 0 Å². The fourth-order valence-corrected chi connectivity index (χ4v) is 2.65. The smallest absolute Gasteiger partial charge is 0.240 e. The Morgan fingerprint density at radius 3 is 2.79 bits per heavy atom. The Bertz CT molecular complexity index is 727. The lowest BCUT2D eigenvalue weighted by Crippen LogP contribution is -2.11. The number of hydrogen-bond acceptors (Lipinski definition) is 6. The predicted molar refractivity (Wildman–Crippen MR) is 80.0 cm³/mol. The summed E-state index contributed by atoms with van der Waals surface area (Å²) in [4.78, 5) is 9.45. The molecule has 5 nitrogen and oxygen atoms in total. The van der Waals surface area contributed by atoms with E-state index in [0.29, 0.717) is 16.8 Å². The molecule has 96 valence electrons. The van der Waals surface area contributed by atoms with Crippen molar-refractivity contribution in [3.8, 4) is 0 Å². The Morgan fingerprint density at radius 2 is 2.00 bits per heavy atom. The van der Waals surface area contributed by atoms with Gasteiger partial charge >= 0.3 is 0 Å². The molecule has 4 N–H and O–H groups in total. The Kier molecular flexibility index (Phi) is 3.20. The summed E-state index contributed by atoms with van der Waals surface area (Å²) in [6, 6.07) is 9.44. The second kappa shape index (κ2) is 5.00. The van der Waals surface area contributed by atoms with Crippen molar-refractivity contribution < 1.29 is 0 Å². The van der Waals surface area contributed by atoms with Gasteiger partial charge in [0.25, 0.3) is 0 Å². The topological polar surface area (TPSA) is 75.9 Å². The highest BCUT2D eigenvalue weighted by atomic mass is 35.5. The SMILES string of the molecule is NNc1nc(Nc2ccccc2Cl)c2ccsc2n1. The van der Waals surface area contributed by atoms with Crippen LogP contribution in [0.4, 0.5) is 17.5 Å². The summed E-state index contributed by atoms with van der Waals surface area (Å²) in [7, 11) is 0. The summed E-state index contributed by atoms with van der Waals surface area (Å²) in [5.41, 5.74) is 3.25. The molecule has 0 unspecified atom stereocenters. The maximum Gasteiger partial charge on any atom is 0.240 e. The third-order valence-corrected chi connectivity index (χ3v) is 3.72. The second-order valence-corrected chi connectivity index (χ2v) is 5.09. The van der Waals surface area contributed by atoms with Gasteiger partial charge in [-0.3, -0.25) is 5.43 Å². The number of para-hydroxylation sites is 1. The van der Waals surface area contributed by atoms with Gasteiger partial charge in [-0.25, -0.2) is 10.8 Å². The van der Waals surface area contributed by atoms with Gasteiger partial charge in [-0.05, 0) is 23.6 Å². The molecular formula is C12H10ClN5S. The van der Waals surface area contributed by atoms with Gasteiger partial charge in [-0.15, -0.1) is 11.3 Å². The molecule has 0 atom stereocenters. The number of nitrogens with two attached hydrogens (primary N) is 1. The fraction of sp³-hybridized carbons (Fsp3) is 0. The van der Waals surface area contributed by atoms with E-state index in [1.165, 1.54) is 11.3 Å². The maximum atomic E-state index is 6.13. The van der Waals surface area contributed by atoms with Gasteiger partial charge in [0.05, 0.1) is 16.1 Å². The number of halogens is 1. The lowest BCUT2D eigenvalue weighted by atomic mass is 10.3. The van der Waals surface area contributed by atoms with Gasteiger partial charge in [0, 0.05) is 0 Å². The fourth-order valence-electron chi connectivity index (χ4n) is 1.71. The first-order valence-electron chi connectivity index (χ1n) is 5.51. The molecule has 1 aromatic carbocycles. The highest BCUT2D eigenvalue weighted by Crippen LogP contribution is 2.30. The first kappa shape index (κ1) is 12.2. The first-order valence-corrected chi connectivity index (χ1v) is 6.77. The summed E-state index contributed by atoms with van der Waals surface area (Å²) >= 11 is 7.66. The van der Waals surface area contributed by atoms with E-state index in [-0.39, 0.29) is 0 Å². The van der Waals surface area contributed by atoms with Crippen LogP contribution in [0.25, 0.3) is 10.2 Å². The summed E-state index contributed by atoms with van der Waals surface area (Å²) in [5.74, 6) is 6.42. The van der Waals surface area contributed by atoms with Gasteiger partial charge in [0.15, 0.2) is 0 Å². The molecule has 2 aromatic heterocycles. The predicted octanol–water partition coefficient (Wildman–Crippen LogP) is 3.37. The van der Waals surface area contributed by atoms with Crippen molar-refractivity contribution in [1.29, 1.82) is 0 Å². The van der Waals surface area contributed by atoms with Crippen LogP contribution in [-0.4, -0.2) is 9.97 Å². The van der Waals surface area contributed by atoms with Crippen molar-refractivity contribution in [3.05, 3.63) is 40.7 Å². The number of aromatic nitrogens is 2. The second-order valence-electron chi connectivity index (χ2n) is 3.78. The number of benzene rings is 1. The van der Waals surface area contributed by atoms with Crippen molar-refractivity contribution in [2.24, 2.45) is 5.84 Å². The van der Waals surface area contributed by atoms with E-state index in [2.05, 4.69) is 20.7 Å². The van der Waals surface area contributed by atoms with E-state index in [1.807, 2.05) is 35.7 Å². The Hall–Kier alpha value is -1.89. The zero-order chi connectivity index (χ0) is 13.2. The van der Waals surface area contributed by atoms with E-state index in [9.17, 15) is 0 Å². The van der Waals surface area contributed by atoms with Crippen LogP contribution in [0.5, 0.6) is 0 Å².